The molecule has 0 radical (unpaired) electrons. The Morgan fingerprint density at radius 3 is 2.73 bits per heavy atom. The number of hydrogen-bond acceptors (Lipinski definition) is 5. The maximum Gasteiger partial charge on any atom is 0.322 e. The number of carbonyl (C=O) groups excluding carboxylic acids is 1. The van der Waals surface area contributed by atoms with E-state index in [4.69, 9.17) is 22.7 Å². The Labute approximate surface area is 68.9 Å². The third-order valence-electron chi connectivity index (χ3n) is 0.846. The third kappa shape index (κ3) is 3.79. The van der Waals surface area contributed by atoms with Gasteiger partial charge in [0, 0.05) is 0 Å². The fraction of sp³-hybridized carbons (Fsp3) is 0.600. The number of alkyl halides is 1. The van der Waals surface area contributed by atoms with Crippen LogP contribution < -0.4 is 5.73 Å². The number of halogens is 1. The van der Waals surface area contributed by atoms with Gasteiger partial charge in [-0.1, -0.05) is 0 Å². The van der Waals surface area contributed by atoms with Crippen LogP contribution in [0.25, 0.3) is 0 Å². The second-order valence-corrected chi connectivity index (χ2v) is 1.88. The first-order valence-electron chi connectivity index (χ1n) is 2.75. The van der Waals surface area contributed by atoms with Crippen LogP contribution in [0.15, 0.2) is 0 Å². The van der Waals surface area contributed by atoms with Gasteiger partial charge in [0.05, 0.1) is 7.11 Å². The molecule has 0 aromatic rings. The molecule has 0 aromatic heterocycles. The molecule has 3 N–H and O–H groups in total. The Kier molecular flexibility index (Phi) is 4.56. The minimum atomic E-state index is -1.16. The molecule has 0 aliphatic heterocycles. The van der Waals surface area contributed by atoms with E-state index in [2.05, 4.69) is 9.47 Å². The first kappa shape index (κ1) is 10.2. The SMILES string of the molecule is COC(=N)C(N)OC(=O)CCl. The third-order valence-corrected chi connectivity index (χ3v) is 1.06. The van der Waals surface area contributed by atoms with E-state index in [0.29, 0.717) is 0 Å². The predicted molar refractivity (Wildman–Crippen MR) is 39.5 cm³/mol. The van der Waals surface area contributed by atoms with Gasteiger partial charge in [-0.05, 0) is 0 Å². The molecule has 11 heavy (non-hydrogen) atoms. The van der Waals surface area contributed by atoms with Crippen molar-refractivity contribution in [3.05, 3.63) is 0 Å². The molecule has 0 aliphatic carbocycles. The minimum absolute atomic E-state index is 0.287. The van der Waals surface area contributed by atoms with E-state index in [0.717, 1.165) is 0 Å². The average molecular weight is 181 g/mol. The zero-order valence-corrected chi connectivity index (χ0v) is 6.72. The van der Waals surface area contributed by atoms with Gasteiger partial charge >= 0.3 is 5.97 Å². The molecule has 0 saturated heterocycles. The Balaban J connectivity index is 3.77. The van der Waals surface area contributed by atoms with Crippen molar-refractivity contribution in [3.8, 4) is 0 Å². The standard InChI is InChI=1S/C5H9ClN2O3/c1-10-4(7)5(8)11-3(9)2-6/h5,7H,2,8H2,1H3. The monoisotopic (exact) mass is 180 g/mol. The Hall–Kier alpha value is -0.810. The van der Waals surface area contributed by atoms with Crippen molar-refractivity contribution in [1.29, 1.82) is 5.41 Å². The summed E-state index contributed by atoms with van der Waals surface area (Å²) in [7, 11) is 1.26. The number of esters is 1. The molecular weight excluding hydrogens is 172 g/mol. The van der Waals surface area contributed by atoms with Gasteiger partial charge in [0.15, 0.2) is 0 Å². The number of rotatable bonds is 3. The number of nitrogens with two attached hydrogens (primary N) is 1. The summed E-state index contributed by atoms with van der Waals surface area (Å²) < 4.78 is 8.80. The maximum atomic E-state index is 10.5. The molecule has 0 fully saturated rings. The summed E-state index contributed by atoms with van der Waals surface area (Å²) >= 11 is 5.10. The van der Waals surface area contributed by atoms with Crippen molar-refractivity contribution >= 4 is 23.5 Å². The van der Waals surface area contributed by atoms with Gasteiger partial charge in [-0.25, -0.2) is 0 Å². The highest BCUT2D eigenvalue weighted by Crippen LogP contribution is 1.90. The maximum absolute atomic E-state index is 10.5. The van der Waals surface area contributed by atoms with E-state index in [-0.39, 0.29) is 11.8 Å². The van der Waals surface area contributed by atoms with E-state index in [1.54, 1.807) is 0 Å². The van der Waals surface area contributed by atoms with E-state index >= 15 is 0 Å². The molecule has 5 nitrogen and oxygen atoms in total. The van der Waals surface area contributed by atoms with Crippen LogP contribution in [0.1, 0.15) is 0 Å². The zero-order chi connectivity index (χ0) is 8.85. The number of carbonyl (C=O) groups is 1. The summed E-state index contributed by atoms with van der Waals surface area (Å²) in [6.45, 7) is 0. The van der Waals surface area contributed by atoms with Crippen LogP contribution in [0.4, 0.5) is 0 Å². The van der Waals surface area contributed by atoms with Gasteiger partial charge in [-0.3, -0.25) is 15.9 Å². The number of hydrogen-bond donors (Lipinski definition) is 2. The van der Waals surface area contributed by atoms with Crippen LogP contribution >= 0.6 is 11.6 Å². The van der Waals surface area contributed by atoms with Crippen molar-refractivity contribution in [2.45, 2.75) is 6.23 Å². The highest BCUT2D eigenvalue weighted by atomic mass is 35.5. The number of nitrogens with one attached hydrogen (secondary N) is 1. The highest BCUT2D eigenvalue weighted by Gasteiger charge is 2.13. The summed E-state index contributed by atoms with van der Waals surface area (Å²) in [6.07, 6.45) is -1.16. The van der Waals surface area contributed by atoms with E-state index < -0.39 is 12.2 Å². The summed E-state index contributed by atoms with van der Waals surface area (Å²) in [5.74, 6) is -1.28. The van der Waals surface area contributed by atoms with Gasteiger partial charge in [0.2, 0.25) is 12.1 Å². The van der Waals surface area contributed by atoms with E-state index in [1.165, 1.54) is 7.11 Å². The molecule has 0 aromatic carbocycles. The van der Waals surface area contributed by atoms with Gasteiger partial charge in [0.1, 0.15) is 5.88 Å². The molecule has 0 spiro atoms. The molecule has 0 saturated carbocycles. The summed E-state index contributed by atoms with van der Waals surface area (Å²) in [5, 5.41) is 6.94. The lowest BCUT2D eigenvalue weighted by Gasteiger charge is -2.11. The number of methoxy groups -OCH3 is 1. The molecule has 0 bridgehead atoms. The first-order chi connectivity index (χ1) is 5.11. The minimum Gasteiger partial charge on any atom is -0.481 e. The zero-order valence-electron chi connectivity index (χ0n) is 5.96. The van der Waals surface area contributed by atoms with Gasteiger partial charge in [-0.15, -0.1) is 11.6 Å². The summed E-state index contributed by atoms with van der Waals surface area (Å²) in [4.78, 5) is 10.5. The smallest absolute Gasteiger partial charge is 0.322 e. The van der Waals surface area contributed by atoms with Crippen molar-refractivity contribution in [1.82, 2.24) is 0 Å². The molecule has 64 valence electrons. The van der Waals surface area contributed by atoms with Crippen molar-refractivity contribution in [2.24, 2.45) is 5.73 Å². The average Bonchev–Trinajstić information content (AvgIpc) is 2.02. The quantitative estimate of drug-likeness (QED) is 0.205. The van der Waals surface area contributed by atoms with E-state index in [1.807, 2.05) is 0 Å². The Morgan fingerprint density at radius 2 is 2.36 bits per heavy atom. The van der Waals surface area contributed by atoms with E-state index in [9.17, 15) is 4.79 Å². The predicted octanol–water partition coefficient (Wildman–Crippen LogP) is -0.323. The Bertz CT molecular complexity index is 162. The van der Waals surface area contributed by atoms with Crippen molar-refractivity contribution in [3.63, 3.8) is 0 Å². The topological polar surface area (TPSA) is 85.4 Å². The van der Waals surface area contributed by atoms with Gasteiger partial charge < -0.3 is 9.47 Å². The fourth-order valence-corrected chi connectivity index (χ4v) is 0.406. The molecular formula is C5H9ClN2O3. The van der Waals surface area contributed by atoms with Crippen LogP contribution in [0.3, 0.4) is 0 Å². The largest absolute Gasteiger partial charge is 0.481 e. The van der Waals surface area contributed by atoms with Gasteiger partial charge in [0.25, 0.3) is 0 Å². The number of ether oxygens (including phenoxy) is 2. The lowest BCUT2D eigenvalue weighted by molar-refractivity contribution is -0.143. The highest BCUT2D eigenvalue weighted by molar-refractivity contribution is 6.26. The fourth-order valence-electron chi connectivity index (χ4n) is 0.343. The molecule has 0 heterocycles. The normalized spacial score (nSPS) is 11.9. The molecule has 0 rings (SSSR count). The Morgan fingerprint density at radius 1 is 1.82 bits per heavy atom. The van der Waals surface area contributed by atoms with Crippen LogP contribution in [0.2, 0.25) is 0 Å². The van der Waals surface area contributed by atoms with Crippen LogP contribution in [-0.2, 0) is 14.3 Å². The second kappa shape index (κ2) is 4.92. The lowest BCUT2D eigenvalue weighted by Crippen LogP contribution is -2.36. The van der Waals surface area contributed by atoms with Crippen LogP contribution in [-0.4, -0.2) is 31.1 Å². The second-order valence-electron chi connectivity index (χ2n) is 1.61. The molecule has 1 atom stereocenters. The van der Waals surface area contributed by atoms with Crippen LogP contribution in [0, 0.1) is 5.41 Å². The summed E-state index contributed by atoms with van der Waals surface area (Å²) in [6, 6.07) is 0. The molecule has 6 heteroatoms. The van der Waals surface area contributed by atoms with Gasteiger partial charge in [-0.2, -0.15) is 0 Å². The molecule has 0 amide bonds. The first-order valence-corrected chi connectivity index (χ1v) is 3.28. The van der Waals surface area contributed by atoms with Crippen LogP contribution in [0.5, 0.6) is 0 Å². The van der Waals surface area contributed by atoms with Crippen molar-refractivity contribution in [2.75, 3.05) is 13.0 Å². The van der Waals surface area contributed by atoms with Crippen molar-refractivity contribution < 1.29 is 14.3 Å². The molecule has 0 aliphatic rings. The lowest BCUT2D eigenvalue weighted by atomic mass is 10.6. The molecule has 1 unspecified atom stereocenters. The summed E-state index contributed by atoms with van der Waals surface area (Å²) in [5.41, 5.74) is 5.15.